The van der Waals surface area contributed by atoms with Crippen molar-refractivity contribution in [2.24, 2.45) is 5.92 Å². The number of fused-ring (bicyclic) bond motifs is 1. The molecule has 3 aromatic rings. The van der Waals surface area contributed by atoms with E-state index < -0.39 is 30.4 Å². The fourth-order valence-electron chi connectivity index (χ4n) is 4.47. The van der Waals surface area contributed by atoms with Crippen molar-refractivity contribution in [3.05, 3.63) is 63.1 Å². The minimum Gasteiger partial charge on any atom is -0.454 e. The van der Waals surface area contributed by atoms with Crippen molar-refractivity contribution in [1.29, 1.82) is 0 Å². The SMILES string of the molecule is COCCn1cnc2c1c(=O)n(CC(=O)OCC(=O)N1CCC[C@@H](C)C1)c(=O)n2Cc1ccccc1. The topological polar surface area (TPSA) is 118 Å². The Morgan fingerprint density at radius 3 is 2.64 bits per heavy atom. The Morgan fingerprint density at radius 1 is 1.14 bits per heavy atom. The predicted octanol–water partition coefficient (Wildman–Crippen LogP) is 0.856. The van der Waals surface area contributed by atoms with E-state index in [1.165, 1.54) is 10.9 Å². The number of imidazole rings is 1. The van der Waals surface area contributed by atoms with Crippen molar-refractivity contribution in [3.8, 4) is 0 Å². The molecule has 1 aromatic carbocycles. The van der Waals surface area contributed by atoms with Crippen LogP contribution >= 0.6 is 0 Å². The largest absolute Gasteiger partial charge is 0.454 e. The Labute approximate surface area is 207 Å². The van der Waals surface area contributed by atoms with E-state index in [-0.39, 0.29) is 23.6 Å². The Morgan fingerprint density at radius 2 is 1.92 bits per heavy atom. The first-order chi connectivity index (χ1) is 17.4. The summed E-state index contributed by atoms with van der Waals surface area (Å²) in [5, 5.41) is 0. The van der Waals surface area contributed by atoms with Crippen LogP contribution < -0.4 is 11.2 Å². The molecule has 0 unspecified atom stereocenters. The molecule has 2 aromatic heterocycles. The summed E-state index contributed by atoms with van der Waals surface area (Å²) in [4.78, 5) is 57.8. The molecule has 3 heterocycles. The van der Waals surface area contributed by atoms with Gasteiger partial charge in [-0.15, -0.1) is 0 Å². The second-order valence-corrected chi connectivity index (χ2v) is 9.10. The molecule has 1 saturated heterocycles. The van der Waals surface area contributed by atoms with Gasteiger partial charge < -0.3 is 18.9 Å². The van der Waals surface area contributed by atoms with Gasteiger partial charge in [0.2, 0.25) is 0 Å². The van der Waals surface area contributed by atoms with Gasteiger partial charge in [0.25, 0.3) is 11.5 Å². The van der Waals surface area contributed by atoms with Gasteiger partial charge in [-0.25, -0.2) is 14.3 Å². The number of methoxy groups -OCH3 is 1. The zero-order valence-corrected chi connectivity index (χ0v) is 20.6. The second kappa shape index (κ2) is 11.3. The molecule has 0 aliphatic carbocycles. The second-order valence-electron chi connectivity index (χ2n) is 9.10. The van der Waals surface area contributed by atoms with E-state index in [1.807, 2.05) is 30.3 Å². The number of nitrogens with zero attached hydrogens (tertiary/aromatic N) is 5. The van der Waals surface area contributed by atoms with Gasteiger partial charge in [0.1, 0.15) is 6.54 Å². The summed E-state index contributed by atoms with van der Waals surface area (Å²) in [6, 6.07) is 9.28. The van der Waals surface area contributed by atoms with Crippen molar-refractivity contribution in [2.45, 2.75) is 39.4 Å². The van der Waals surface area contributed by atoms with E-state index in [9.17, 15) is 19.2 Å². The van der Waals surface area contributed by atoms with Crippen LogP contribution in [0, 0.1) is 5.92 Å². The van der Waals surface area contributed by atoms with Crippen molar-refractivity contribution in [3.63, 3.8) is 0 Å². The van der Waals surface area contributed by atoms with Crippen LogP contribution in [0.1, 0.15) is 25.3 Å². The average molecular weight is 498 g/mol. The van der Waals surface area contributed by atoms with Crippen molar-refractivity contribution >= 4 is 23.0 Å². The lowest BCUT2D eigenvalue weighted by molar-refractivity contribution is -0.153. The smallest absolute Gasteiger partial charge is 0.333 e. The molecule has 1 atom stereocenters. The minimum atomic E-state index is -0.832. The first-order valence-electron chi connectivity index (χ1n) is 12.0. The zero-order valence-electron chi connectivity index (χ0n) is 20.6. The number of piperidine rings is 1. The Balaban J connectivity index is 1.61. The van der Waals surface area contributed by atoms with Crippen LogP contribution in [0.25, 0.3) is 11.2 Å². The predicted molar refractivity (Wildman–Crippen MR) is 132 cm³/mol. The molecule has 36 heavy (non-hydrogen) atoms. The molecule has 1 amide bonds. The highest BCUT2D eigenvalue weighted by Crippen LogP contribution is 2.15. The number of esters is 1. The average Bonchev–Trinajstić information content (AvgIpc) is 3.31. The first-order valence-corrected chi connectivity index (χ1v) is 12.0. The number of amides is 1. The van der Waals surface area contributed by atoms with Crippen LogP contribution in [-0.2, 0) is 38.7 Å². The summed E-state index contributed by atoms with van der Waals surface area (Å²) in [5.74, 6) is -0.715. The lowest BCUT2D eigenvalue weighted by atomic mass is 10.0. The van der Waals surface area contributed by atoms with Gasteiger partial charge >= 0.3 is 11.7 Å². The minimum absolute atomic E-state index is 0.165. The molecule has 4 rings (SSSR count). The van der Waals surface area contributed by atoms with Gasteiger partial charge in [-0.3, -0.25) is 19.0 Å². The normalized spacial score (nSPS) is 15.8. The molecule has 1 aliphatic heterocycles. The molecular formula is C25H31N5O6. The van der Waals surface area contributed by atoms with Gasteiger partial charge in [0, 0.05) is 26.7 Å². The number of carbonyl (C=O) groups is 2. The monoisotopic (exact) mass is 497 g/mol. The number of likely N-dealkylation sites (tertiary alicyclic amines) is 1. The summed E-state index contributed by atoms with van der Waals surface area (Å²) >= 11 is 0. The van der Waals surface area contributed by atoms with Gasteiger partial charge in [0.15, 0.2) is 17.8 Å². The molecule has 11 heteroatoms. The molecule has 0 N–H and O–H groups in total. The summed E-state index contributed by atoms with van der Waals surface area (Å²) in [5.41, 5.74) is -0.0817. The number of aromatic nitrogens is 4. The lowest BCUT2D eigenvalue weighted by Gasteiger charge is -2.30. The molecule has 0 spiro atoms. The van der Waals surface area contributed by atoms with Crippen LogP contribution in [0.5, 0.6) is 0 Å². The Hall–Kier alpha value is -3.73. The third-order valence-electron chi connectivity index (χ3n) is 6.36. The number of ether oxygens (including phenoxy) is 2. The van der Waals surface area contributed by atoms with Crippen LogP contribution in [0.4, 0.5) is 0 Å². The maximum atomic E-state index is 13.4. The highest BCUT2D eigenvalue weighted by molar-refractivity contribution is 5.80. The Bertz CT molecular complexity index is 1340. The van der Waals surface area contributed by atoms with Crippen LogP contribution in [0.2, 0.25) is 0 Å². The van der Waals surface area contributed by atoms with Crippen molar-refractivity contribution in [2.75, 3.05) is 33.4 Å². The highest BCUT2D eigenvalue weighted by Gasteiger charge is 2.23. The summed E-state index contributed by atoms with van der Waals surface area (Å²) < 4.78 is 14.1. The number of rotatable bonds is 9. The third-order valence-corrected chi connectivity index (χ3v) is 6.36. The van der Waals surface area contributed by atoms with E-state index >= 15 is 0 Å². The van der Waals surface area contributed by atoms with Gasteiger partial charge in [-0.1, -0.05) is 37.3 Å². The number of benzene rings is 1. The molecule has 1 aliphatic rings. The molecule has 1 fully saturated rings. The third kappa shape index (κ3) is 5.56. The summed E-state index contributed by atoms with van der Waals surface area (Å²) in [6.07, 6.45) is 3.45. The highest BCUT2D eigenvalue weighted by atomic mass is 16.5. The van der Waals surface area contributed by atoms with Gasteiger partial charge in [-0.2, -0.15) is 0 Å². The van der Waals surface area contributed by atoms with E-state index in [4.69, 9.17) is 9.47 Å². The van der Waals surface area contributed by atoms with E-state index in [0.29, 0.717) is 32.2 Å². The van der Waals surface area contributed by atoms with Crippen molar-refractivity contribution in [1.82, 2.24) is 23.6 Å². The fourth-order valence-corrected chi connectivity index (χ4v) is 4.47. The van der Waals surface area contributed by atoms with Gasteiger partial charge in [-0.05, 0) is 24.3 Å². The maximum Gasteiger partial charge on any atom is 0.333 e. The lowest BCUT2D eigenvalue weighted by Crippen LogP contribution is -2.44. The maximum absolute atomic E-state index is 13.4. The van der Waals surface area contributed by atoms with E-state index in [1.54, 1.807) is 16.6 Å². The number of carbonyl (C=O) groups excluding carboxylic acids is 2. The van der Waals surface area contributed by atoms with E-state index in [2.05, 4.69) is 11.9 Å². The molecule has 11 nitrogen and oxygen atoms in total. The standard InChI is InChI=1S/C25H31N5O6/c1-18-7-6-10-27(13-18)20(31)16-36-21(32)15-30-24(33)22-23(26-17-28(22)11-12-35-2)29(25(30)34)14-19-8-4-3-5-9-19/h3-5,8-9,17-18H,6-7,10-16H2,1-2H3/t18-/m1/s1. The fraction of sp³-hybridized carbons (Fsp3) is 0.480. The number of hydrogen-bond acceptors (Lipinski definition) is 7. The first kappa shape index (κ1) is 25.4. The molecule has 0 radical (unpaired) electrons. The zero-order chi connectivity index (χ0) is 25.7. The Kier molecular flexibility index (Phi) is 7.99. The molecule has 0 bridgehead atoms. The van der Waals surface area contributed by atoms with Crippen LogP contribution in [0.15, 0.2) is 46.2 Å². The summed E-state index contributed by atoms with van der Waals surface area (Å²) in [7, 11) is 1.55. The number of hydrogen-bond donors (Lipinski definition) is 0. The van der Waals surface area contributed by atoms with Crippen LogP contribution in [-0.4, -0.2) is 68.9 Å². The molecule has 192 valence electrons. The quantitative estimate of drug-likeness (QED) is 0.402. The molecule has 0 saturated carbocycles. The molecular weight excluding hydrogens is 466 g/mol. The van der Waals surface area contributed by atoms with E-state index in [0.717, 1.165) is 23.0 Å². The summed E-state index contributed by atoms with van der Waals surface area (Å²) in [6.45, 7) is 3.15. The van der Waals surface area contributed by atoms with Gasteiger partial charge in [0.05, 0.1) is 19.5 Å². The van der Waals surface area contributed by atoms with Crippen molar-refractivity contribution < 1.29 is 19.1 Å². The van der Waals surface area contributed by atoms with Crippen LogP contribution in [0.3, 0.4) is 0 Å².